The third kappa shape index (κ3) is 2.54. The Morgan fingerprint density at radius 3 is 2.88 bits per heavy atom. The number of nitrogens with zero attached hydrogens (tertiary/aromatic N) is 2. The van der Waals surface area contributed by atoms with Gasteiger partial charge in [0.15, 0.2) is 0 Å². The molecule has 17 heavy (non-hydrogen) atoms. The summed E-state index contributed by atoms with van der Waals surface area (Å²) >= 11 is 5.78. The summed E-state index contributed by atoms with van der Waals surface area (Å²) in [5.74, 6) is -0.0710. The van der Waals surface area contributed by atoms with E-state index in [0.717, 1.165) is 5.56 Å². The number of anilines is 2. The smallest absolute Gasteiger partial charge is 0.273 e. The van der Waals surface area contributed by atoms with Crippen LogP contribution < -0.4 is 11.1 Å². The first kappa shape index (κ1) is 11.4. The lowest BCUT2D eigenvalue weighted by atomic mass is 10.3. The molecule has 0 atom stereocenters. The normalized spacial score (nSPS) is 10.2. The number of aryl methyl sites for hydroxylation is 1. The minimum Gasteiger partial charge on any atom is -0.382 e. The summed E-state index contributed by atoms with van der Waals surface area (Å²) in [7, 11) is 0. The van der Waals surface area contributed by atoms with E-state index in [4.69, 9.17) is 17.3 Å². The highest BCUT2D eigenvalue weighted by Gasteiger charge is 2.09. The average molecular weight is 252 g/mol. The zero-order valence-corrected chi connectivity index (χ0v) is 9.75. The average Bonchev–Trinajstić information content (AvgIpc) is 2.70. The van der Waals surface area contributed by atoms with Gasteiger partial charge in [0, 0.05) is 6.07 Å². The number of nitrogen functional groups attached to an aromatic ring is 1. The molecular weight excluding hydrogens is 242 g/mol. The number of pyridine rings is 1. The van der Waals surface area contributed by atoms with Crippen LogP contribution in [0.5, 0.6) is 0 Å². The molecule has 0 bridgehead atoms. The van der Waals surface area contributed by atoms with Crippen molar-refractivity contribution in [3.63, 3.8) is 0 Å². The minimum absolute atomic E-state index is 0.264. The molecule has 0 saturated carbocycles. The lowest BCUT2D eigenvalue weighted by molar-refractivity contribution is 0.102. The largest absolute Gasteiger partial charge is 0.382 e. The Balaban J connectivity index is 2.15. The number of aromatic amines is 1. The highest BCUT2D eigenvalue weighted by molar-refractivity contribution is 6.30. The Morgan fingerprint density at radius 2 is 2.29 bits per heavy atom. The molecule has 0 spiro atoms. The van der Waals surface area contributed by atoms with E-state index in [9.17, 15) is 4.79 Å². The molecule has 0 aliphatic rings. The van der Waals surface area contributed by atoms with Crippen molar-refractivity contribution in [2.45, 2.75) is 6.92 Å². The molecule has 2 aromatic rings. The second kappa shape index (κ2) is 4.42. The second-order valence-electron chi connectivity index (χ2n) is 3.49. The number of carbonyl (C=O) groups excluding carboxylic acids is 1. The summed E-state index contributed by atoms with van der Waals surface area (Å²) in [6.45, 7) is 1.80. The van der Waals surface area contributed by atoms with Crippen molar-refractivity contribution < 1.29 is 4.79 Å². The Kier molecular flexibility index (Phi) is 2.97. The first-order valence-electron chi connectivity index (χ1n) is 4.80. The Bertz CT molecular complexity index is 566. The number of amides is 1. The van der Waals surface area contributed by atoms with Crippen LogP contribution in [0.2, 0.25) is 5.15 Å². The first-order valence-corrected chi connectivity index (χ1v) is 5.18. The van der Waals surface area contributed by atoms with E-state index in [0.29, 0.717) is 10.8 Å². The molecule has 7 heteroatoms. The zero-order valence-electron chi connectivity index (χ0n) is 8.99. The number of halogens is 1. The molecule has 2 rings (SSSR count). The van der Waals surface area contributed by atoms with Crippen molar-refractivity contribution in [2.24, 2.45) is 0 Å². The van der Waals surface area contributed by atoms with E-state index in [1.807, 2.05) is 0 Å². The molecule has 0 aliphatic carbocycles. The van der Waals surface area contributed by atoms with E-state index in [1.54, 1.807) is 13.0 Å². The zero-order chi connectivity index (χ0) is 12.4. The maximum Gasteiger partial charge on any atom is 0.273 e. The van der Waals surface area contributed by atoms with Gasteiger partial charge < -0.3 is 11.1 Å². The summed E-state index contributed by atoms with van der Waals surface area (Å²) in [6.07, 6.45) is 1.48. The van der Waals surface area contributed by atoms with Crippen LogP contribution in [0.1, 0.15) is 16.1 Å². The summed E-state index contributed by atoms with van der Waals surface area (Å²) in [5.41, 5.74) is 7.03. The third-order valence-electron chi connectivity index (χ3n) is 2.11. The molecule has 2 aromatic heterocycles. The minimum atomic E-state index is -0.335. The van der Waals surface area contributed by atoms with Crippen molar-refractivity contribution in [1.82, 2.24) is 15.2 Å². The van der Waals surface area contributed by atoms with Gasteiger partial charge in [0.25, 0.3) is 5.91 Å². The molecule has 0 aromatic carbocycles. The number of rotatable bonds is 2. The van der Waals surface area contributed by atoms with Gasteiger partial charge in [-0.25, -0.2) is 4.98 Å². The number of aromatic nitrogens is 3. The predicted octanol–water partition coefficient (Wildman–Crippen LogP) is 1.60. The molecule has 0 radical (unpaired) electrons. The van der Waals surface area contributed by atoms with Gasteiger partial charge in [0.2, 0.25) is 0 Å². The maximum absolute atomic E-state index is 11.7. The number of nitrogens with one attached hydrogen (secondary N) is 2. The monoisotopic (exact) mass is 251 g/mol. The number of hydrogen-bond donors (Lipinski definition) is 3. The Morgan fingerprint density at radius 1 is 1.53 bits per heavy atom. The van der Waals surface area contributed by atoms with Crippen LogP contribution >= 0.6 is 11.6 Å². The topological polar surface area (TPSA) is 96.7 Å². The van der Waals surface area contributed by atoms with Crippen LogP contribution in [0.25, 0.3) is 0 Å². The molecular formula is C10H10ClN5O. The molecule has 0 unspecified atom stereocenters. The second-order valence-corrected chi connectivity index (χ2v) is 3.85. The van der Waals surface area contributed by atoms with Crippen LogP contribution in [-0.4, -0.2) is 21.1 Å². The van der Waals surface area contributed by atoms with Gasteiger partial charge in [0.05, 0.1) is 11.9 Å². The van der Waals surface area contributed by atoms with E-state index in [1.165, 1.54) is 12.3 Å². The lowest BCUT2D eigenvalue weighted by Gasteiger charge is -2.04. The summed E-state index contributed by atoms with van der Waals surface area (Å²) in [4.78, 5) is 15.7. The van der Waals surface area contributed by atoms with Crippen molar-refractivity contribution >= 4 is 29.0 Å². The summed E-state index contributed by atoms with van der Waals surface area (Å²) in [5, 5.41) is 9.25. The highest BCUT2D eigenvalue weighted by Crippen LogP contribution is 2.16. The fraction of sp³-hybridized carbons (Fsp3) is 0.100. The van der Waals surface area contributed by atoms with Gasteiger partial charge in [-0.05, 0) is 18.6 Å². The lowest BCUT2D eigenvalue weighted by Crippen LogP contribution is -2.12. The predicted molar refractivity (Wildman–Crippen MR) is 64.9 cm³/mol. The van der Waals surface area contributed by atoms with Crippen LogP contribution in [0.15, 0.2) is 18.3 Å². The van der Waals surface area contributed by atoms with Crippen LogP contribution in [0.4, 0.5) is 11.5 Å². The summed E-state index contributed by atoms with van der Waals surface area (Å²) < 4.78 is 0. The van der Waals surface area contributed by atoms with Crippen molar-refractivity contribution in [2.75, 3.05) is 11.1 Å². The number of H-pyrrole nitrogens is 1. The molecule has 0 saturated heterocycles. The Hall–Kier alpha value is -2.08. The molecule has 88 valence electrons. The Labute approximate surface area is 102 Å². The summed E-state index contributed by atoms with van der Waals surface area (Å²) in [6, 6.07) is 3.18. The van der Waals surface area contributed by atoms with Gasteiger partial charge >= 0.3 is 0 Å². The standard InChI is InChI=1S/C10H10ClN5O/c1-5-2-6(4-13-9(5)11)14-10(17)7-3-8(12)16-15-7/h2-4H,1H3,(H,14,17)(H3,12,15,16). The van der Waals surface area contributed by atoms with E-state index >= 15 is 0 Å². The van der Waals surface area contributed by atoms with Crippen LogP contribution in [0.3, 0.4) is 0 Å². The molecule has 1 amide bonds. The fourth-order valence-corrected chi connectivity index (χ4v) is 1.38. The van der Waals surface area contributed by atoms with Gasteiger partial charge in [-0.2, -0.15) is 5.10 Å². The highest BCUT2D eigenvalue weighted by atomic mass is 35.5. The van der Waals surface area contributed by atoms with E-state index in [-0.39, 0.29) is 17.4 Å². The number of carbonyl (C=O) groups is 1. The third-order valence-corrected chi connectivity index (χ3v) is 2.51. The van der Waals surface area contributed by atoms with Gasteiger partial charge in [0.1, 0.15) is 16.7 Å². The molecule has 0 fully saturated rings. The fourth-order valence-electron chi connectivity index (χ4n) is 1.28. The maximum atomic E-state index is 11.7. The SMILES string of the molecule is Cc1cc(NC(=O)c2cc(N)n[nH]2)cnc1Cl. The van der Waals surface area contributed by atoms with E-state index in [2.05, 4.69) is 20.5 Å². The quantitative estimate of drug-likeness (QED) is 0.706. The molecule has 6 nitrogen and oxygen atoms in total. The van der Waals surface area contributed by atoms with Crippen molar-refractivity contribution in [3.05, 3.63) is 34.7 Å². The van der Waals surface area contributed by atoms with Crippen LogP contribution in [-0.2, 0) is 0 Å². The molecule has 4 N–H and O–H groups in total. The van der Waals surface area contributed by atoms with Crippen LogP contribution in [0, 0.1) is 6.92 Å². The van der Waals surface area contributed by atoms with Gasteiger partial charge in [-0.15, -0.1) is 0 Å². The van der Waals surface area contributed by atoms with Crippen molar-refractivity contribution in [1.29, 1.82) is 0 Å². The number of nitrogens with two attached hydrogens (primary N) is 1. The molecule has 0 aliphatic heterocycles. The van der Waals surface area contributed by atoms with E-state index < -0.39 is 0 Å². The van der Waals surface area contributed by atoms with Gasteiger partial charge in [-0.3, -0.25) is 9.89 Å². The molecule has 2 heterocycles. The van der Waals surface area contributed by atoms with Crippen molar-refractivity contribution in [3.8, 4) is 0 Å². The number of hydrogen-bond acceptors (Lipinski definition) is 4. The first-order chi connectivity index (χ1) is 8.06. The van der Waals surface area contributed by atoms with Gasteiger partial charge in [-0.1, -0.05) is 11.6 Å².